The maximum absolute atomic E-state index is 12.7. The van der Waals surface area contributed by atoms with Crippen molar-refractivity contribution in [3.63, 3.8) is 0 Å². The van der Waals surface area contributed by atoms with Gasteiger partial charge in [0, 0.05) is 16.1 Å². The zero-order valence-electron chi connectivity index (χ0n) is 8.57. The Bertz CT molecular complexity index is 595. The van der Waals surface area contributed by atoms with E-state index in [1.807, 2.05) is 0 Å². The maximum Gasteiger partial charge on any atom is 0.417 e. The molecule has 0 saturated carbocycles. The number of pyridine rings is 1. The van der Waals surface area contributed by atoms with Gasteiger partial charge in [0.05, 0.1) is 16.1 Å². The zero-order valence-corrected chi connectivity index (χ0v) is 10.9. The molecule has 0 saturated heterocycles. The van der Waals surface area contributed by atoms with Crippen LogP contribution in [0.25, 0.3) is 10.9 Å². The van der Waals surface area contributed by atoms with Gasteiger partial charge in [0.25, 0.3) is 0 Å². The van der Waals surface area contributed by atoms with Gasteiger partial charge in [-0.15, -0.1) is 0 Å². The van der Waals surface area contributed by atoms with Crippen LogP contribution in [0.1, 0.15) is 11.1 Å². The van der Waals surface area contributed by atoms with Crippen LogP contribution in [0.5, 0.6) is 0 Å². The number of hydrogen-bond acceptors (Lipinski definition) is 1. The Hall–Kier alpha value is -0.810. The van der Waals surface area contributed by atoms with Crippen LogP contribution in [0.15, 0.2) is 22.8 Å². The molecular formula is C11H6BrClF3N. The van der Waals surface area contributed by atoms with Crippen molar-refractivity contribution in [2.75, 3.05) is 0 Å². The number of benzene rings is 1. The van der Waals surface area contributed by atoms with Crippen LogP contribution >= 0.6 is 27.5 Å². The van der Waals surface area contributed by atoms with E-state index in [0.29, 0.717) is 10.4 Å². The average Bonchev–Trinajstić information content (AvgIpc) is 2.22. The van der Waals surface area contributed by atoms with Gasteiger partial charge in [0.1, 0.15) is 0 Å². The predicted molar refractivity (Wildman–Crippen MR) is 64.2 cm³/mol. The molecule has 1 heterocycles. The fourth-order valence-corrected chi connectivity index (χ4v) is 2.27. The molecule has 17 heavy (non-hydrogen) atoms. The highest BCUT2D eigenvalue weighted by Gasteiger charge is 2.33. The van der Waals surface area contributed by atoms with Gasteiger partial charge >= 0.3 is 6.18 Å². The standard InChI is InChI=1S/C11H6BrClF3N/c1-5-4-17-9-3-7(11(14,15)16)8(12)2-6(9)10(5)13/h2-4H,1H3. The minimum Gasteiger partial charge on any atom is -0.256 e. The van der Waals surface area contributed by atoms with E-state index >= 15 is 0 Å². The topological polar surface area (TPSA) is 12.9 Å². The SMILES string of the molecule is Cc1cnc2cc(C(F)(F)F)c(Br)cc2c1Cl. The van der Waals surface area contributed by atoms with Crippen molar-refractivity contribution in [3.05, 3.63) is 39.0 Å². The number of halogens is 5. The second-order valence-corrected chi connectivity index (χ2v) is 4.83. The summed E-state index contributed by atoms with van der Waals surface area (Å²) in [4.78, 5) is 3.95. The largest absolute Gasteiger partial charge is 0.417 e. The molecule has 0 radical (unpaired) electrons. The Labute approximate surface area is 109 Å². The van der Waals surface area contributed by atoms with Crippen molar-refractivity contribution in [1.29, 1.82) is 0 Å². The molecule has 6 heteroatoms. The molecule has 0 N–H and O–H groups in total. The molecule has 1 nitrogen and oxygen atoms in total. The number of hydrogen-bond donors (Lipinski definition) is 0. The predicted octanol–water partition coefficient (Wildman–Crippen LogP) is 4.98. The molecule has 2 rings (SSSR count). The number of fused-ring (bicyclic) bond motifs is 1. The van der Waals surface area contributed by atoms with Gasteiger partial charge in [-0.25, -0.2) is 0 Å². The van der Waals surface area contributed by atoms with E-state index in [0.717, 1.165) is 11.6 Å². The van der Waals surface area contributed by atoms with Crippen molar-refractivity contribution in [3.8, 4) is 0 Å². The minimum absolute atomic E-state index is 0.0354. The number of nitrogens with zero attached hydrogens (tertiary/aromatic N) is 1. The third-order valence-electron chi connectivity index (χ3n) is 2.37. The summed E-state index contributed by atoms with van der Waals surface area (Å²) in [7, 11) is 0. The minimum atomic E-state index is -4.41. The first-order valence-electron chi connectivity index (χ1n) is 4.62. The van der Waals surface area contributed by atoms with Crippen LogP contribution in [0.4, 0.5) is 13.2 Å². The van der Waals surface area contributed by atoms with Gasteiger partial charge in [-0.05, 0) is 24.6 Å². The molecule has 90 valence electrons. The summed E-state index contributed by atoms with van der Waals surface area (Å²) in [5, 5.41) is 0.927. The third kappa shape index (κ3) is 2.26. The van der Waals surface area contributed by atoms with Gasteiger partial charge in [0.15, 0.2) is 0 Å². The summed E-state index contributed by atoms with van der Waals surface area (Å²) in [6.07, 6.45) is -2.95. The Morgan fingerprint density at radius 1 is 1.29 bits per heavy atom. The molecule has 0 unspecified atom stereocenters. The number of aryl methyl sites for hydroxylation is 1. The van der Waals surface area contributed by atoms with E-state index in [4.69, 9.17) is 11.6 Å². The van der Waals surface area contributed by atoms with Crippen molar-refractivity contribution >= 4 is 38.4 Å². The van der Waals surface area contributed by atoms with E-state index < -0.39 is 11.7 Å². The summed E-state index contributed by atoms with van der Waals surface area (Å²) in [6, 6.07) is 2.34. The van der Waals surface area contributed by atoms with Crippen LogP contribution in [-0.4, -0.2) is 4.98 Å². The van der Waals surface area contributed by atoms with Crippen LogP contribution in [0, 0.1) is 6.92 Å². The van der Waals surface area contributed by atoms with Crippen molar-refractivity contribution in [1.82, 2.24) is 4.98 Å². The van der Waals surface area contributed by atoms with Crippen LogP contribution in [-0.2, 0) is 6.18 Å². The lowest BCUT2D eigenvalue weighted by Crippen LogP contribution is -2.06. The van der Waals surface area contributed by atoms with E-state index in [-0.39, 0.29) is 9.99 Å². The highest BCUT2D eigenvalue weighted by Crippen LogP contribution is 2.38. The summed E-state index contributed by atoms with van der Waals surface area (Å²) >= 11 is 8.93. The fraction of sp³-hybridized carbons (Fsp3) is 0.182. The zero-order chi connectivity index (χ0) is 12.8. The van der Waals surface area contributed by atoms with Crippen LogP contribution < -0.4 is 0 Å². The Kier molecular flexibility index (Phi) is 3.08. The summed E-state index contributed by atoms with van der Waals surface area (Å²) in [5.74, 6) is 0. The summed E-state index contributed by atoms with van der Waals surface area (Å²) in [6.45, 7) is 1.75. The van der Waals surface area contributed by atoms with Crippen molar-refractivity contribution < 1.29 is 13.2 Å². The van der Waals surface area contributed by atoms with Gasteiger partial charge in [-0.2, -0.15) is 13.2 Å². The van der Waals surface area contributed by atoms with E-state index in [1.165, 1.54) is 12.3 Å². The van der Waals surface area contributed by atoms with Gasteiger partial charge in [-0.3, -0.25) is 4.98 Å². The second-order valence-electron chi connectivity index (χ2n) is 3.60. The monoisotopic (exact) mass is 323 g/mol. The molecule has 1 aromatic carbocycles. The van der Waals surface area contributed by atoms with E-state index in [2.05, 4.69) is 20.9 Å². The number of alkyl halides is 3. The van der Waals surface area contributed by atoms with E-state index in [1.54, 1.807) is 6.92 Å². The summed E-state index contributed by atoms with van der Waals surface area (Å²) in [5.41, 5.74) is 0.208. The summed E-state index contributed by atoms with van der Waals surface area (Å²) < 4.78 is 38.0. The van der Waals surface area contributed by atoms with Gasteiger partial charge in [-0.1, -0.05) is 27.5 Å². The number of rotatable bonds is 0. The quantitative estimate of drug-likeness (QED) is 0.666. The maximum atomic E-state index is 12.7. The lowest BCUT2D eigenvalue weighted by atomic mass is 10.1. The lowest BCUT2D eigenvalue weighted by Gasteiger charge is -2.11. The lowest BCUT2D eigenvalue weighted by molar-refractivity contribution is -0.138. The van der Waals surface area contributed by atoms with Crippen molar-refractivity contribution in [2.45, 2.75) is 13.1 Å². The average molecular weight is 325 g/mol. The molecule has 0 bridgehead atoms. The molecule has 0 spiro atoms. The molecule has 0 atom stereocenters. The number of aromatic nitrogens is 1. The van der Waals surface area contributed by atoms with Gasteiger partial charge < -0.3 is 0 Å². The highest BCUT2D eigenvalue weighted by molar-refractivity contribution is 9.10. The molecule has 1 aromatic heterocycles. The van der Waals surface area contributed by atoms with Crippen molar-refractivity contribution in [2.24, 2.45) is 0 Å². The third-order valence-corrected chi connectivity index (χ3v) is 3.53. The smallest absolute Gasteiger partial charge is 0.256 e. The molecule has 0 aliphatic rings. The molecular weight excluding hydrogens is 318 g/mol. The normalized spacial score (nSPS) is 12.1. The first-order chi connectivity index (χ1) is 7.80. The first kappa shape index (κ1) is 12.6. The first-order valence-corrected chi connectivity index (χ1v) is 5.79. The molecule has 0 aliphatic heterocycles. The fourth-order valence-electron chi connectivity index (χ4n) is 1.50. The molecule has 0 fully saturated rings. The van der Waals surface area contributed by atoms with Crippen LogP contribution in [0.2, 0.25) is 5.02 Å². The second kappa shape index (κ2) is 4.14. The molecule has 2 aromatic rings. The Morgan fingerprint density at radius 2 is 1.94 bits per heavy atom. The highest BCUT2D eigenvalue weighted by atomic mass is 79.9. The van der Waals surface area contributed by atoms with Crippen LogP contribution in [0.3, 0.4) is 0 Å². The Balaban J connectivity index is 2.80. The molecule has 0 aliphatic carbocycles. The van der Waals surface area contributed by atoms with E-state index in [9.17, 15) is 13.2 Å². The molecule has 0 amide bonds. The Morgan fingerprint density at radius 3 is 2.53 bits per heavy atom. The van der Waals surface area contributed by atoms with Gasteiger partial charge in [0.2, 0.25) is 0 Å².